The van der Waals surface area contributed by atoms with Gasteiger partial charge in [0.25, 0.3) is 10.2 Å². The van der Waals surface area contributed by atoms with Crippen molar-refractivity contribution in [1.29, 1.82) is 0 Å². The van der Waals surface area contributed by atoms with Crippen LogP contribution < -0.4 is 0 Å². The van der Waals surface area contributed by atoms with E-state index in [1.54, 1.807) is 0 Å². The third-order valence-electron chi connectivity index (χ3n) is 2.23. The summed E-state index contributed by atoms with van der Waals surface area (Å²) in [5, 5.41) is 11.6. The van der Waals surface area contributed by atoms with Crippen LogP contribution in [0.25, 0.3) is 0 Å². The van der Waals surface area contributed by atoms with Gasteiger partial charge in [-0.05, 0) is 0 Å². The zero-order valence-corrected chi connectivity index (χ0v) is 9.16. The van der Waals surface area contributed by atoms with Crippen LogP contribution in [0.4, 0.5) is 0 Å². The van der Waals surface area contributed by atoms with E-state index in [-0.39, 0.29) is 0 Å². The minimum atomic E-state index is -3.30. The highest BCUT2D eigenvalue weighted by Crippen LogP contribution is 2.13. The predicted molar refractivity (Wildman–Crippen MR) is 52.6 cm³/mol. The van der Waals surface area contributed by atoms with Crippen LogP contribution in [0.2, 0.25) is 0 Å². The summed E-state index contributed by atoms with van der Waals surface area (Å²) in [6, 6.07) is 0. The number of piperidine rings is 1. The third-order valence-corrected chi connectivity index (χ3v) is 4.17. The van der Waals surface area contributed by atoms with Gasteiger partial charge in [0.1, 0.15) is 0 Å². The first-order valence-corrected chi connectivity index (χ1v) is 5.75. The number of hydrogen-bond donors (Lipinski definition) is 1. The molecule has 0 radical (unpaired) electrons. The molecule has 0 saturated carbocycles. The Kier molecular flexibility index (Phi) is 3.46. The zero-order valence-electron chi connectivity index (χ0n) is 8.34. The van der Waals surface area contributed by atoms with Gasteiger partial charge in [-0.2, -0.15) is 17.0 Å². The first kappa shape index (κ1) is 11.4. The van der Waals surface area contributed by atoms with E-state index < -0.39 is 10.2 Å². The molecule has 0 spiro atoms. The lowest BCUT2D eigenvalue weighted by atomic mass is 10.1. The number of nitrogens with zero attached hydrogens (tertiary/aromatic N) is 3. The molecule has 0 bridgehead atoms. The number of oxime groups is 1. The van der Waals surface area contributed by atoms with Crippen molar-refractivity contribution >= 4 is 15.9 Å². The molecule has 0 aromatic rings. The van der Waals surface area contributed by atoms with Gasteiger partial charge in [0, 0.05) is 40.0 Å². The smallest absolute Gasteiger partial charge is 0.281 e. The molecule has 1 fully saturated rings. The average molecular weight is 221 g/mol. The van der Waals surface area contributed by atoms with Crippen molar-refractivity contribution in [1.82, 2.24) is 8.61 Å². The highest BCUT2D eigenvalue weighted by atomic mass is 32.2. The molecule has 7 heteroatoms. The average Bonchev–Trinajstić information content (AvgIpc) is 2.17. The molecule has 0 amide bonds. The summed E-state index contributed by atoms with van der Waals surface area (Å²) in [7, 11) is -0.292. The van der Waals surface area contributed by atoms with Crippen LogP contribution in [-0.2, 0) is 10.2 Å². The molecule has 1 saturated heterocycles. The SMILES string of the molecule is CN(C)S(=O)(=O)N1CCC(=NO)CC1. The topological polar surface area (TPSA) is 73.2 Å². The molecule has 82 valence electrons. The van der Waals surface area contributed by atoms with Crippen LogP contribution in [0.3, 0.4) is 0 Å². The Labute approximate surface area is 84.0 Å². The maximum Gasteiger partial charge on any atom is 0.281 e. The van der Waals surface area contributed by atoms with Crippen LogP contribution in [0.1, 0.15) is 12.8 Å². The zero-order chi connectivity index (χ0) is 10.8. The lowest BCUT2D eigenvalue weighted by molar-refractivity contribution is 0.308. The summed E-state index contributed by atoms with van der Waals surface area (Å²) in [5.74, 6) is 0. The lowest BCUT2D eigenvalue weighted by Crippen LogP contribution is -2.44. The van der Waals surface area contributed by atoms with E-state index >= 15 is 0 Å². The molecule has 1 N–H and O–H groups in total. The Morgan fingerprint density at radius 3 is 2.21 bits per heavy atom. The molecule has 14 heavy (non-hydrogen) atoms. The van der Waals surface area contributed by atoms with Crippen LogP contribution in [-0.4, -0.2) is 55.1 Å². The second-order valence-electron chi connectivity index (χ2n) is 3.36. The van der Waals surface area contributed by atoms with Crippen LogP contribution >= 0.6 is 0 Å². The van der Waals surface area contributed by atoms with E-state index in [2.05, 4.69) is 5.16 Å². The Hall–Kier alpha value is -0.660. The molecule has 1 rings (SSSR count). The van der Waals surface area contributed by atoms with Gasteiger partial charge >= 0.3 is 0 Å². The highest BCUT2D eigenvalue weighted by molar-refractivity contribution is 7.86. The Bertz CT molecular complexity index is 313. The van der Waals surface area contributed by atoms with E-state index in [1.807, 2.05) is 0 Å². The van der Waals surface area contributed by atoms with Crippen LogP contribution in [0.15, 0.2) is 5.16 Å². The molecule has 0 aromatic carbocycles. The molecule has 0 aliphatic carbocycles. The fraction of sp³-hybridized carbons (Fsp3) is 0.857. The second-order valence-corrected chi connectivity index (χ2v) is 5.50. The Balaban J connectivity index is 2.67. The predicted octanol–water partition coefficient (Wildman–Crippen LogP) is -0.281. The first-order chi connectivity index (χ1) is 6.48. The lowest BCUT2D eigenvalue weighted by Gasteiger charge is -2.28. The summed E-state index contributed by atoms with van der Waals surface area (Å²) >= 11 is 0. The molecule has 0 unspecified atom stereocenters. The summed E-state index contributed by atoms with van der Waals surface area (Å²) in [4.78, 5) is 0. The Morgan fingerprint density at radius 1 is 1.36 bits per heavy atom. The molecule has 1 heterocycles. The van der Waals surface area contributed by atoms with Crippen molar-refractivity contribution in [3.05, 3.63) is 0 Å². The van der Waals surface area contributed by atoms with Crippen molar-refractivity contribution in [3.63, 3.8) is 0 Å². The summed E-state index contributed by atoms with van der Waals surface area (Å²) in [6.07, 6.45) is 1.01. The monoisotopic (exact) mass is 221 g/mol. The van der Waals surface area contributed by atoms with E-state index in [0.29, 0.717) is 31.6 Å². The van der Waals surface area contributed by atoms with E-state index in [0.717, 1.165) is 0 Å². The first-order valence-electron chi connectivity index (χ1n) is 4.36. The molecule has 0 atom stereocenters. The van der Waals surface area contributed by atoms with Gasteiger partial charge in [-0.25, -0.2) is 0 Å². The minimum Gasteiger partial charge on any atom is -0.411 e. The van der Waals surface area contributed by atoms with Gasteiger partial charge in [0.15, 0.2) is 0 Å². The summed E-state index contributed by atoms with van der Waals surface area (Å²) in [5.41, 5.74) is 0.662. The van der Waals surface area contributed by atoms with E-state index in [4.69, 9.17) is 5.21 Å². The van der Waals surface area contributed by atoms with Gasteiger partial charge < -0.3 is 5.21 Å². The maximum atomic E-state index is 11.6. The quantitative estimate of drug-likeness (QED) is 0.515. The third kappa shape index (κ3) is 2.23. The van der Waals surface area contributed by atoms with Crippen molar-refractivity contribution in [2.24, 2.45) is 5.16 Å². The molecular weight excluding hydrogens is 206 g/mol. The Morgan fingerprint density at radius 2 is 1.86 bits per heavy atom. The van der Waals surface area contributed by atoms with Crippen LogP contribution in [0.5, 0.6) is 0 Å². The fourth-order valence-corrected chi connectivity index (χ4v) is 2.41. The highest BCUT2D eigenvalue weighted by Gasteiger charge is 2.27. The van der Waals surface area contributed by atoms with Gasteiger partial charge in [-0.15, -0.1) is 0 Å². The van der Waals surface area contributed by atoms with Gasteiger partial charge in [0.05, 0.1) is 5.71 Å². The van der Waals surface area contributed by atoms with Crippen molar-refractivity contribution in [3.8, 4) is 0 Å². The van der Waals surface area contributed by atoms with Gasteiger partial charge in [-0.3, -0.25) is 0 Å². The summed E-state index contributed by atoms with van der Waals surface area (Å²) < 4.78 is 25.8. The van der Waals surface area contributed by atoms with Crippen molar-refractivity contribution < 1.29 is 13.6 Å². The van der Waals surface area contributed by atoms with Crippen molar-refractivity contribution in [2.45, 2.75) is 12.8 Å². The number of rotatable bonds is 2. The molecular formula is C7H15N3O3S. The van der Waals surface area contributed by atoms with Crippen LogP contribution in [0, 0.1) is 0 Å². The second kappa shape index (κ2) is 4.24. The molecule has 1 aliphatic rings. The number of hydrogen-bond acceptors (Lipinski definition) is 4. The van der Waals surface area contributed by atoms with E-state index in [9.17, 15) is 8.42 Å². The van der Waals surface area contributed by atoms with Gasteiger partial charge in [-0.1, -0.05) is 5.16 Å². The fourth-order valence-electron chi connectivity index (χ4n) is 1.31. The minimum absolute atomic E-state index is 0.389. The van der Waals surface area contributed by atoms with Gasteiger partial charge in [0.2, 0.25) is 0 Å². The normalized spacial score (nSPS) is 20.1. The standard InChI is InChI=1S/C7H15N3O3S/c1-9(2)14(12,13)10-5-3-7(8-11)4-6-10/h11H,3-6H2,1-2H3. The molecule has 6 nitrogen and oxygen atoms in total. The maximum absolute atomic E-state index is 11.6. The largest absolute Gasteiger partial charge is 0.411 e. The molecule has 1 aliphatic heterocycles. The molecule has 0 aromatic heterocycles. The van der Waals surface area contributed by atoms with Crippen molar-refractivity contribution in [2.75, 3.05) is 27.2 Å². The van der Waals surface area contributed by atoms with E-state index in [1.165, 1.54) is 22.7 Å². The summed E-state index contributed by atoms with van der Waals surface area (Å²) in [6.45, 7) is 0.778.